The Balaban J connectivity index is 1.49. The van der Waals surface area contributed by atoms with Gasteiger partial charge in [-0.3, -0.25) is 14.3 Å². The van der Waals surface area contributed by atoms with E-state index in [1.54, 1.807) is 45.8 Å². The fourth-order valence-electron chi connectivity index (χ4n) is 4.27. The molecule has 0 aliphatic carbocycles. The summed E-state index contributed by atoms with van der Waals surface area (Å²) < 4.78 is 23.4. The summed E-state index contributed by atoms with van der Waals surface area (Å²) in [5, 5.41) is 0.340. The van der Waals surface area contributed by atoms with E-state index in [0.717, 1.165) is 5.69 Å². The SMILES string of the molecule is COC(=O)c1ccccc1CS(=O)NC(=O)c1ccc2c(c1)c(=O)n(-c1ccccc1)n2-c1ccccc1. The Hall–Kier alpha value is -4.76. The summed E-state index contributed by atoms with van der Waals surface area (Å²) in [6.07, 6.45) is 0. The van der Waals surface area contributed by atoms with Crippen LogP contribution in [0.15, 0.2) is 108 Å². The molecule has 1 aromatic heterocycles. The van der Waals surface area contributed by atoms with Crippen LogP contribution in [0.3, 0.4) is 0 Å². The smallest absolute Gasteiger partial charge is 0.338 e. The first-order valence-electron chi connectivity index (χ1n) is 11.7. The van der Waals surface area contributed by atoms with Crippen LogP contribution < -0.4 is 10.3 Å². The van der Waals surface area contributed by atoms with Gasteiger partial charge in [-0.15, -0.1) is 0 Å². The van der Waals surface area contributed by atoms with E-state index in [-0.39, 0.29) is 22.4 Å². The van der Waals surface area contributed by atoms with Crippen molar-refractivity contribution in [2.45, 2.75) is 5.75 Å². The van der Waals surface area contributed by atoms with Crippen LogP contribution in [0.5, 0.6) is 0 Å². The van der Waals surface area contributed by atoms with E-state index in [2.05, 4.69) is 4.72 Å². The number of nitrogens with zero attached hydrogens (tertiary/aromatic N) is 2. The number of amides is 1. The molecule has 0 bridgehead atoms. The lowest BCUT2D eigenvalue weighted by molar-refractivity contribution is 0.0599. The molecule has 0 aliphatic heterocycles. The average Bonchev–Trinajstić information content (AvgIpc) is 3.25. The number of hydrogen-bond acceptors (Lipinski definition) is 5. The van der Waals surface area contributed by atoms with Crippen molar-refractivity contribution in [3.63, 3.8) is 0 Å². The van der Waals surface area contributed by atoms with E-state index in [0.29, 0.717) is 22.2 Å². The molecule has 1 amide bonds. The van der Waals surface area contributed by atoms with Gasteiger partial charge >= 0.3 is 5.97 Å². The van der Waals surface area contributed by atoms with Crippen LogP contribution in [-0.4, -0.2) is 32.6 Å². The van der Waals surface area contributed by atoms with Crippen molar-refractivity contribution in [1.29, 1.82) is 0 Å². The Morgan fingerprint density at radius 1 is 0.816 bits per heavy atom. The number of carbonyl (C=O) groups excluding carboxylic acids is 2. The molecule has 9 heteroatoms. The molecule has 0 radical (unpaired) electrons. The van der Waals surface area contributed by atoms with E-state index in [1.165, 1.54) is 13.2 Å². The van der Waals surface area contributed by atoms with Crippen LogP contribution in [0, 0.1) is 0 Å². The van der Waals surface area contributed by atoms with Crippen LogP contribution in [-0.2, 0) is 21.5 Å². The van der Waals surface area contributed by atoms with Crippen LogP contribution >= 0.6 is 0 Å². The monoisotopic (exact) mass is 525 g/mol. The van der Waals surface area contributed by atoms with Crippen molar-refractivity contribution in [2.75, 3.05) is 7.11 Å². The van der Waals surface area contributed by atoms with Gasteiger partial charge in [-0.25, -0.2) is 18.4 Å². The molecule has 0 spiro atoms. The van der Waals surface area contributed by atoms with Crippen molar-refractivity contribution in [1.82, 2.24) is 14.1 Å². The summed E-state index contributed by atoms with van der Waals surface area (Å²) in [5.41, 5.74) is 2.74. The minimum Gasteiger partial charge on any atom is -0.465 e. The summed E-state index contributed by atoms with van der Waals surface area (Å²) in [5.74, 6) is -1.23. The van der Waals surface area contributed by atoms with Gasteiger partial charge in [0.05, 0.1) is 40.7 Å². The lowest BCUT2D eigenvalue weighted by Gasteiger charge is -2.13. The Labute approximate surface area is 220 Å². The normalized spacial score (nSPS) is 11.7. The second kappa shape index (κ2) is 10.7. The quantitative estimate of drug-likeness (QED) is 0.322. The highest BCUT2D eigenvalue weighted by atomic mass is 32.2. The number of fused-ring (bicyclic) bond motifs is 1. The molecule has 0 fully saturated rings. The molecule has 5 rings (SSSR count). The number of methoxy groups -OCH3 is 1. The highest BCUT2D eigenvalue weighted by Gasteiger charge is 2.20. The number of nitrogens with one attached hydrogen (secondary N) is 1. The van der Waals surface area contributed by atoms with Gasteiger partial charge in [0.25, 0.3) is 11.5 Å². The van der Waals surface area contributed by atoms with Crippen LogP contribution in [0.25, 0.3) is 22.3 Å². The van der Waals surface area contributed by atoms with Crippen molar-refractivity contribution in [3.05, 3.63) is 130 Å². The molecule has 4 aromatic carbocycles. The molecule has 1 atom stereocenters. The molecule has 1 N–H and O–H groups in total. The van der Waals surface area contributed by atoms with E-state index < -0.39 is 22.9 Å². The van der Waals surface area contributed by atoms with Gasteiger partial charge in [0.2, 0.25) is 0 Å². The molecule has 1 unspecified atom stereocenters. The van der Waals surface area contributed by atoms with Gasteiger partial charge in [0.1, 0.15) is 11.0 Å². The maximum atomic E-state index is 13.6. The van der Waals surface area contributed by atoms with Gasteiger partial charge in [-0.05, 0) is 54.1 Å². The predicted molar refractivity (Wildman–Crippen MR) is 146 cm³/mol. The molecule has 38 heavy (non-hydrogen) atoms. The molecule has 5 aromatic rings. The molecule has 8 nitrogen and oxygen atoms in total. The summed E-state index contributed by atoms with van der Waals surface area (Å²) in [4.78, 5) is 38.6. The number of esters is 1. The maximum absolute atomic E-state index is 13.6. The van der Waals surface area contributed by atoms with Crippen molar-refractivity contribution >= 4 is 33.8 Å². The molecule has 1 heterocycles. The zero-order valence-corrected chi connectivity index (χ0v) is 21.2. The second-order valence-corrected chi connectivity index (χ2v) is 9.59. The van der Waals surface area contributed by atoms with Gasteiger partial charge in [-0.2, -0.15) is 0 Å². The van der Waals surface area contributed by atoms with Crippen molar-refractivity contribution < 1.29 is 18.5 Å². The first kappa shape index (κ1) is 24.9. The Morgan fingerprint density at radius 2 is 1.42 bits per heavy atom. The lowest BCUT2D eigenvalue weighted by atomic mass is 10.1. The van der Waals surface area contributed by atoms with Crippen LogP contribution in [0.4, 0.5) is 0 Å². The average molecular weight is 526 g/mol. The topological polar surface area (TPSA) is 99.4 Å². The number of benzene rings is 4. The zero-order valence-electron chi connectivity index (χ0n) is 20.4. The largest absolute Gasteiger partial charge is 0.465 e. The Morgan fingerprint density at radius 3 is 2.08 bits per heavy atom. The number of para-hydroxylation sites is 2. The maximum Gasteiger partial charge on any atom is 0.338 e. The first-order chi connectivity index (χ1) is 18.5. The molecular formula is C29H23N3O5S. The van der Waals surface area contributed by atoms with Gasteiger partial charge < -0.3 is 4.74 Å². The first-order valence-corrected chi connectivity index (χ1v) is 13.0. The standard InChI is InChI=1S/C29H23N3O5S/c1-37-29(35)24-15-9-8-10-21(24)19-38(36)30-27(33)20-16-17-26-25(18-20)28(34)32(23-13-6-3-7-14-23)31(26)22-11-4-2-5-12-22/h2-18H,19H2,1H3,(H,30,33). The van der Waals surface area contributed by atoms with Crippen LogP contribution in [0.1, 0.15) is 26.3 Å². The van der Waals surface area contributed by atoms with E-state index in [1.807, 2.05) is 60.7 Å². The minimum absolute atomic E-state index is 0.0789. The second-order valence-electron chi connectivity index (χ2n) is 8.40. The van der Waals surface area contributed by atoms with Crippen LogP contribution in [0.2, 0.25) is 0 Å². The summed E-state index contributed by atoms with van der Waals surface area (Å²) in [7, 11) is -0.555. The van der Waals surface area contributed by atoms with Gasteiger partial charge in [0, 0.05) is 5.56 Å². The highest BCUT2D eigenvalue weighted by molar-refractivity contribution is 7.82. The molecule has 0 aliphatic rings. The summed E-state index contributed by atoms with van der Waals surface area (Å²) in [6, 6.07) is 30.1. The number of aromatic nitrogens is 2. The Kier molecular flexibility index (Phi) is 7.01. The molecule has 0 saturated heterocycles. The van der Waals surface area contributed by atoms with E-state index in [9.17, 15) is 18.6 Å². The fourth-order valence-corrected chi connectivity index (χ4v) is 5.20. The number of rotatable bonds is 7. The van der Waals surface area contributed by atoms with Gasteiger partial charge in [-0.1, -0.05) is 54.6 Å². The van der Waals surface area contributed by atoms with Crippen molar-refractivity contribution in [2.24, 2.45) is 0 Å². The third-order valence-corrected chi connectivity index (χ3v) is 7.01. The van der Waals surface area contributed by atoms with E-state index in [4.69, 9.17) is 4.74 Å². The molecular weight excluding hydrogens is 502 g/mol. The number of ether oxygens (including phenoxy) is 1. The Bertz CT molecular complexity index is 1730. The highest BCUT2D eigenvalue weighted by Crippen LogP contribution is 2.22. The zero-order chi connectivity index (χ0) is 26.6. The predicted octanol–water partition coefficient (Wildman–Crippen LogP) is 4.16. The summed E-state index contributed by atoms with van der Waals surface area (Å²) >= 11 is 0. The fraction of sp³-hybridized carbons (Fsp3) is 0.0690. The number of hydrogen-bond donors (Lipinski definition) is 1. The minimum atomic E-state index is -1.82. The van der Waals surface area contributed by atoms with Gasteiger partial charge in [0.15, 0.2) is 0 Å². The third-order valence-electron chi connectivity index (χ3n) is 6.03. The number of carbonyl (C=O) groups is 2. The lowest BCUT2D eigenvalue weighted by Crippen LogP contribution is -2.27. The molecule has 0 saturated carbocycles. The van der Waals surface area contributed by atoms with Crippen molar-refractivity contribution in [3.8, 4) is 11.4 Å². The van der Waals surface area contributed by atoms with E-state index >= 15 is 0 Å². The molecule has 190 valence electrons. The summed E-state index contributed by atoms with van der Waals surface area (Å²) in [6.45, 7) is 0. The third kappa shape index (κ3) is 4.79.